The van der Waals surface area contributed by atoms with Gasteiger partial charge < -0.3 is 0 Å². The second-order valence-corrected chi connectivity index (χ2v) is 5.20. The maximum absolute atomic E-state index is 5.32. The van der Waals surface area contributed by atoms with Crippen molar-refractivity contribution < 1.29 is 0 Å². The van der Waals surface area contributed by atoms with E-state index < -0.39 is 0 Å². The Morgan fingerprint density at radius 2 is 2.06 bits per heavy atom. The van der Waals surface area contributed by atoms with Crippen LogP contribution in [-0.2, 0) is 5.41 Å². The van der Waals surface area contributed by atoms with E-state index in [9.17, 15) is 0 Å². The fraction of sp³-hybridized carbons (Fsp3) is 0.333. The summed E-state index contributed by atoms with van der Waals surface area (Å²) in [7, 11) is 0. The van der Waals surface area contributed by atoms with Gasteiger partial charge in [-0.3, -0.25) is 5.10 Å². The Hall–Kier alpha value is -1.42. The molecule has 0 saturated heterocycles. The average molecular weight is 233 g/mol. The van der Waals surface area contributed by atoms with Gasteiger partial charge in [-0.05, 0) is 18.2 Å². The molecule has 84 valence electrons. The van der Waals surface area contributed by atoms with Crippen LogP contribution in [0, 0.1) is 4.64 Å². The molecule has 3 nitrogen and oxygen atoms in total. The lowest BCUT2D eigenvalue weighted by Crippen LogP contribution is -2.12. The zero-order valence-electron chi connectivity index (χ0n) is 9.69. The van der Waals surface area contributed by atoms with Crippen molar-refractivity contribution in [1.82, 2.24) is 14.8 Å². The molecule has 0 atom stereocenters. The molecule has 0 aliphatic rings. The maximum atomic E-state index is 5.32. The van der Waals surface area contributed by atoms with Crippen LogP contribution in [0.3, 0.4) is 0 Å². The molecule has 2 aromatic rings. The minimum atomic E-state index is 0.0631. The summed E-state index contributed by atoms with van der Waals surface area (Å²) in [6, 6.07) is 7.76. The molecule has 2 heterocycles. The van der Waals surface area contributed by atoms with Crippen molar-refractivity contribution in [3.05, 3.63) is 40.8 Å². The number of rotatable bonds is 1. The highest BCUT2D eigenvalue weighted by molar-refractivity contribution is 7.71. The predicted octanol–water partition coefficient (Wildman–Crippen LogP) is 3.23. The van der Waals surface area contributed by atoms with Crippen LogP contribution < -0.4 is 0 Å². The summed E-state index contributed by atoms with van der Waals surface area (Å²) in [4.78, 5) is 4.27. The summed E-state index contributed by atoms with van der Waals surface area (Å²) in [6.07, 6.45) is 1.76. The molecular formula is C12H15N3S. The van der Waals surface area contributed by atoms with Crippen LogP contribution in [0.25, 0.3) is 5.82 Å². The van der Waals surface area contributed by atoms with Gasteiger partial charge in [0.25, 0.3) is 0 Å². The summed E-state index contributed by atoms with van der Waals surface area (Å²) in [6.45, 7) is 6.45. The molecule has 2 rings (SSSR count). The second-order valence-electron chi connectivity index (χ2n) is 4.78. The third-order valence-electron chi connectivity index (χ3n) is 2.41. The number of pyridine rings is 1. The van der Waals surface area contributed by atoms with E-state index in [4.69, 9.17) is 12.2 Å². The highest BCUT2D eigenvalue weighted by Crippen LogP contribution is 2.21. The summed E-state index contributed by atoms with van der Waals surface area (Å²) in [5, 5.41) is 3.29. The Balaban J connectivity index is 2.53. The zero-order valence-corrected chi connectivity index (χ0v) is 10.5. The molecule has 0 fully saturated rings. The first-order valence-corrected chi connectivity index (χ1v) is 5.63. The summed E-state index contributed by atoms with van der Waals surface area (Å²) >= 11 is 5.32. The van der Waals surface area contributed by atoms with Crippen molar-refractivity contribution in [2.24, 2.45) is 0 Å². The van der Waals surface area contributed by atoms with Crippen LogP contribution in [0.5, 0.6) is 0 Å². The Morgan fingerprint density at radius 1 is 1.31 bits per heavy atom. The lowest BCUT2D eigenvalue weighted by atomic mass is 9.93. The summed E-state index contributed by atoms with van der Waals surface area (Å²) < 4.78 is 2.58. The van der Waals surface area contributed by atoms with Crippen LogP contribution in [0.4, 0.5) is 0 Å². The first-order valence-electron chi connectivity index (χ1n) is 5.22. The van der Waals surface area contributed by atoms with Crippen LogP contribution in [0.1, 0.15) is 26.5 Å². The van der Waals surface area contributed by atoms with Crippen LogP contribution in [0.2, 0.25) is 0 Å². The first-order chi connectivity index (χ1) is 7.48. The molecule has 1 N–H and O–H groups in total. The SMILES string of the molecule is CC(C)(C)c1cc(=S)n(-c2ccccn2)[nH]1. The number of nitrogens with zero attached hydrogens (tertiary/aromatic N) is 2. The van der Waals surface area contributed by atoms with Crippen LogP contribution in [-0.4, -0.2) is 14.8 Å². The van der Waals surface area contributed by atoms with Gasteiger partial charge in [-0.15, -0.1) is 0 Å². The van der Waals surface area contributed by atoms with Gasteiger partial charge in [0.1, 0.15) is 4.64 Å². The fourth-order valence-corrected chi connectivity index (χ4v) is 1.69. The van der Waals surface area contributed by atoms with Crippen molar-refractivity contribution in [2.75, 3.05) is 0 Å². The molecule has 16 heavy (non-hydrogen) atoms. The Labute approximate surface area is 100 Å². The quantitative estimate of drug-likeness (QED) is 0.767. The van der Waals surface area contributed by atoms with E-state index in [0.717, 1.165) is 16.2 Å². The Kier molecular flexibility index (Phi) is 2.68. The molecule has 0 radical (unpaired) electrons. The summed E-state index contributed by atoms with van der Waals surface area (Å²) in [5.74, 6) is 0.822. The highest BCUT2D eigenvalue weighted by Gasteiger charge is 2.16. The van der Waals surface area contributed by atoms with Crippen LogP contribution >= 0.6 is 12.2 Å². The van der Waals surface area contributed by atoms with Gasteiger partial charge in [0.05, 0.1) is 0 Å². The van der Waals surface area contributed by atoms with Gasteiger partial charge in [-0.25, -0.2) is 9.67 Å². The molecule has 0 spiro atoms. The van der Waals surface area contributed by atoms with Gasteiger partial charge in [0, 0.05) is 17.3 Å². The molecule has 2 aromatic heterocycles. The average Bonchev–Trinajstić information content (AvgIpc) is 2.61. The van der Waals surface area contributed by atoms with Gasteiger partial charge in [0.15, 0.2) is 5.82 Å². The highest BCUT2D eigenvalue weighted by atomic mass is 32.1. The monoisotopic (exact) mass is 233 g/mol. The van der Waals surface area contributed by atoms with Crippen LogP contribution in [0.15, 0.2) is 30.5 Å². The minimum absolute atomic E-state index is 0.0631. The predicted molar refractivity (Wildman–Crippen MR) is 67.4 cm³/mol. The lowest BCUT2D eigenvalue weighted by molar-refractivity contribution is 0.559. The van der Waals surface area contributed by atoms with E-state index in [1.54, 1.807) is 6.20 Å². The third-order valence-corrected chi connectivity index (χ3v) is 2.71. The zero-order chi connectivity index (χ0) is 11.8. The lowest BCUT2D eigenvalue weighted by Gasteiger charge is -2.15. The number of hydrogen-bond donors (Lipinski definition) is 1. The van der Waals surface area contributed by atoms with Crippen molar-refractivity contribution in [3.8, 4) is 5.82 Å². The number of hydrogen-bond acceptors (Lipinski definition) is 2. The third kappa shape index (κ3) is 2.07. The molecule has 0 aliphatic heterocycles. The smallest absolute Gasteiger partial charge is 0.152 e. The Bertz CT molecular complexity index is 531. The van der Waals surface area contributed by atoms with E-state index in [1.165, 1.54) is 0 Å². The molecule has 4 heteroatoms. The number of H-pyrrole nitrogens is 1. The van der Waals surface area contributed by atoms with Gasteiger partial charge in [-0.2, -0.15) is 0 Å². The second kappa shape index (κ2) is 3.87. The fourth-order valence-electron chi connectivity index (χ4n) is 1.44. The standard InChI is InChI=1S/C12H15N3S/c1-12(2,3)9-8-11(16)15(14-9)10-6-4-5-7-13-10/h4-8,14H,1-3H3. The van der Waals surface area contributed by atoms with Crippen molar-refractivity contribution >= 4 is 12.2 Å². The van der Waals surface area contributed by atoms with E-state index in [-0.39, 0.29) is 5.41 Å². The number of aromatic nitrogens is 3. The molecule has 0 bridgehead atoms. The van der Waals surface area contributed by atoms with Crippen molar-refractivity contribution in [1.29, 1.82) is 0 Å². The van der Waals surface area contributed by atoms with E-state index in [0.29, 0.717) is 0 Å². The molecule has 0 amide bonds. The van der Waals surface area contributed by atoms with E-state index in [1.807, 2.05) is 28.9 Å². The van der Waals surface area contributed by atoms with E-state index >= 15 is 0 Å². The number of aromatic amines is 1. The molecule has 0 aliphatic carbocycles. The minimum Gasteiger partial charge on any atom is -0.295 e. The van der Waals surface area contributed by atoms with E-state index in [2.05, 4.69) is 30.9 Å². The first kappa shape index (κ1) is 11.1. The molecule has 0 aromatic carbocycles. The maximum Gasteiger partial charge on any atom is 0.152 e. The largest absolute Gasteiger partial charge is 0.295 e. The topological polar surface area (TPSA) is 33.6 Å². The van der Waals surface area contributed by atoms with Crippen molar-refractivity contribution in [2.45, 2.75) is 26.2 Å². The Morgan fingerprint density at radius 3 is 2.56 bits per heavy atom. The van der Waals surface area contributed by atoms with Gasteiger partial charge in [-0.1, -0.05) is 39.1 Å². The van der Waals surface area contributed by atoms with Gasteiger partial charge >= 0.3 is 0 Å². The molecule has 0 unspecified atom stereocenters. The van der Waals surface area contributed by atoms with Gasteiger partial charge in [0.2, 0.25) is 0 Å². The molecule has 0 saturated carbocycles. The molecular weight excluding hydrogens is 218 g/mol. The van der Waals surface area contributed by atoms with Crippen molar-refractivity contribution in [3.63, 3.8) is 0 Å². The number of nitrogens with one attached hydrogen (secondary N) is 1. The summed E-state index contributed by atoms with van der Waals surface area (Å²) in [5.41, 5.74) is 1.18. The normalized spacial score (nSPS) is 11.7.